The Morgan fingerprint density at radius 3 is 2.35 bits per heavy atom. The van der Waals surface area contributed by atoms with Gasteiger partial charge in [-0.15, -0.1) is 0 Å². The van der Waals surface area contributed by atoms with Crippen molar-refractivity contribution in [3.05, 3.63) is 30.3 Å². The fraction of sp³-hybridized carbons (Fsp3) is 0.417. The van der Waals surface area contributed by atoms with Gasteiger partial charge in [0.05, 0.1) is 0 Å². The third kappa shape index (κ3) is 3.15. The Labute approximate surface area is 98.4 Å². The molecule has 2 rings (SSSR count). The van der Waals surface area contributed by atoms with Gasteiger partial charge in [-0.05, 0) is 12.1 Å². The number of urea groups is 1. The molecular formula is C12H14F2N2O. The smallest absolute Gasteiger partial charge is 0.321 e. The Balaban J connectivity index is 1.90. The molecule has 92 valence electrons. The van der Waals surface area contributed by atoms with Crippen molar-refractivity contribution >= 4 is 11.7 Å². The van der Waals surface area contributed by atoms with E-state index in [1.54, 1.807) is 24.3 Å². The molecule has 0 radical (unpaired) electrons. The lowest BCUT2D eigenvalue weighted by Gasteiger charge is -2.31. The Bertz CT molecular complexity index is 385. The van der Waals surface area contributed by atoms with E-state index in [2.05, 4.69) is 5.32 Å². The molecular weight excluding hydrogens is 226 g/mol. The van der Waals surface area contributed by atoms with Crippen molar-refractivity contribution in [3.63, 3.8) is 0 Å². The van der Waals surface area contributed by atoms with E-state index in [1.807, 2.05) is 6.07 Å². The second-order valence-electron chi connectivity index (χ2n) is 4.14. The maximum absolute atomic E-state index is 12.9. The van der Waals surface area contributed by atoms with Crippen molar-refractivity contribution in [2.45, 2.75) is 18.8 Å². The number of rotatable bonds is 1. The molecule has 2 amide bonds. The molecule has 0 aromatic heterocycles. The number of amides is 2. The first-order chi connectivity index (χ1) is 8.07. The molecule has 1 aliphatic rings. The molecule has 0 bridgehead atoms. The fourth-order valence-electron chi connectivity index (χ4n) is 1.76. The van der Waals surface area contributed by atoms with Gasteiger partial charge in [-0.1, -0.05) is 18.2 Å². The first-order valence-corrected chi connectivity index (χ1v) is 5.56. The molecule has 3 nitrogen and oxygen atoms in total. The molecule has 1 aromatic rings. The topological polar surface area (TPSA) is 32.3 Å². The number of benzene rings is 1. The molecule has 5 heteroatoms. The molecule has 0 saturated carbocycles. The van der Waals surface area contributed by atoms with Crippen molar-refractivity contribution in [3.8, 4) is 0 Å². The number of anilines is 1. The number of piperidine rings is 1. The molecule has 1 N–H and O–H groups in total. The summed E-state index contributed by atoms with van der Waals surface area (Å²) in [5, 5.41) is 2.68. The van der Waals surface area contributed by atoms with Crippen LogP contribution in [-0.2, 0) is 0 Å². The SMILES string of the molecule is O=C(Nc1ccccc1)N1CCC(F)(F)CC1. The van der Waals surface area contributed by atoms with Crippen LogP contribution in [0.2, 0.25) is 0 Å². The highest BCUT2D eigenvalue weighted by Gasteiger charge is 2.35. The summed E-state index contributed by atoms with van der Waals surface area (Å²) in [5.74, 6) is -2.62. The fourth-order valence-corrected chi connectivity index (χ4v) is 1.76. The molecule has 1 aromatic carbocycles. The molecule has 1 saturated heterocycles. The molecule has 0 spiro atoms. The first-order valence-electron chi connectivity index (χ1n) is 5.56. The molecule has 1 heterocycles. The summed E-state index contributed by atoms with van der Waals surface area (Å²) in [6.45, 7) is 0.206. The van der Waals surface area contributed by atoms with E-state index < -0.39 is 5.92 Å². The number of nitrogens with zero attached hydrogens (tertiary/aromatic N) is 1. The maximum Gasteiger partial charge on any atom is 0.321 e. The predicted octanol–water partition coefficient (Wildman–Crippen LogP) is 2.95. The van der Waals surface area contributed by atoms with E-state index in [9.17, 15) is 13.6 Å². The number of nitrogens with one attached hydrogen (secondary N) is 1. The Kier molecular flexibility index (Phi) is 3.26. The molecule has 0 aliphatic carbocycles. The summed E-state index contributed by atoms with van der Waals surface area (Å²) in [6.07, 6.45) is -0.510. The summed E-state index contributed by atoms with van der Waals surface area (Å²) in [4.78, 5) is 13.2. The standard InChI is InChI=1S/C12H14F2N2O/c13-12(14)6-8-16(9-7-12)11(17)15-10-4-2-1-3-5-10/h1-5H,6-9H2,(H,15,17). The van der Waals surface area contributed by atoms with E-state index >= 15 is 0 Å². The van der Waals surface area contributed by atoms with E-state index in [0.29, 0.717) is 5.69 Å². The highest BCUT2D eigenvalue weighted by Crippen LogP contribution is 2.27. The summed E-state index contributed by atoms with van der Waals surface area (Å²) in [6, 6.07) is 8.66. The number of para-hydroxylation sites is 1. The monoisotopic (exact) mass is 240 g/mol. The van der Waals surface area contributed by atoms with Gasteiger partial charge in [-0.25, -0.2) is 13.6 Å². The molecule has 0 atom stereocenters. The van der Waals surface area contributed by atoms with Crippen LogP contribution in [0.5, 0.6) is 0 Å². The van der Waals surface area contributed by atoms with Gasteiger partial charge in [0.1, 0.15) is 0 Å². The highest BCUT2D eigenvalue weighted by atomic mass is 19.3. The van der Waals surface area contributed by atoms with Gasteiger partial charge in [-0.3, -0.25) is 0 Å². The minimum atomic E-state index is -2.62. The zero-order valence-electron chi connectivity index (χ0n) is 9.33. The number of alkyl halides is 2. The van der Waals surface area contributed by atoms with Crippen molar-refractivity contribution in [1.82, 2.24) is 4.90 Å². The van der Waals surface area contributed by atoms with E-state index in [0.717, 1.165) is 0 Å². The van der Waals surface area contributed by atoms with Crippen LogP contribution in [0.1, 0.15) is 12.8 Å². The molecule has 0 unspecified atom stereocenters. The zero-order valence-corrected chi connectivity index (χ0v) is 9.33. The zero-order chi connectivity index (χ0) is 12.3. The van der Waals surface area contributed by atoms with Gasteiger partial charge in [-0.2, -0.15) is 0 Å². The molecule has 1 aliphatic heterocycles. The van der Waals surface area contributed by atoms with Crippen molar-refractivity contribution < 1.29 is 13.6 Å². The average molecular weight is 240 g/mol. The number of hydrogen-bond donors (Lipinski definition) is 1. The minimum Gasteiger partial charge on any atom is -0.324 e. The van der Waals surface area contributed by atoms with Gasteiger partial charge < -0.3 is 10.2 Å². The van der Waals surface area contributed by atoms with Crippen LogP contribution >= 0.6 is 0 Å². The summed E-state index contributed by atoms with van der Waals surface area (Å²) < 4.78 is 25.8. The number of carbonyl (C=O) groups excluding carboxylic acids is 1. The van der Waals surface area contributed by atoms with E-state index in [1.165, 1.54) is 4.90 Å². The molecule has 1 fully saturated rings. The van der Waals surface area contributed by atoms with Crippen molar-refractivity contribution in [1.29, 1.82) is 0 Å². The number of halogens is 2. The van der Waals surface area contributed by atoms with Crippen LogP contribution in [0.4, 0.5) is 19.3 Å². The second kappa shape index (κ2) is 4.69. The number of carbonyl (C=O) groups is 1. The lowest BCUT2D eigenvalue weighted by Crippen LogP contribution is -2.44. The second-order valence-corrected chi connectivity index (χ2v) is 4.14. The first kappa shape index (κ1) is 11.8. The maximum atomic E-state index is 12.9. The summed E-state index contributed by atoms with van der Waals surface area (Å²) in [7, 11) is 0. The lowest BCUT2D eigenvalue weighted by molar-refractivity contribution is -0.0461. The highest BCUT2D eigenvalue weighted by molar-refractivity contribution is 5.89. The van der Waals surface area contributed by atoms with E-state index in [-0.39, 0.29) is 32.0 Å². The van der Waals surface area contributed by atoms with Gasteiger partial charge in [0, 0.05) is 31.6 Å². The van der Waals surface area contributed by atoms with Crippen molar-refractivity contribution in [2.75, 3.05) is 18.4 Å². The van der Waals surface area contributed by atoms with Crippen LogP contribution in [-0.4, -0.2) is 29.9 Å². The van der Waals surface area contributed by atoms with Crippen LogP contribution in [0.15, 0.2) is 30.3 Å². The summed E-state index contributed by atoms with van der Waals surface area (Å²) >= 11 is 0. The average Bonchev–Trinajstić information content (AvgIpc) is 2.30. The van der Waals surface area contributed by atoms with Crippen LogP contribution in [0.25, 0.3) is 0 Å². The normalized spacial score (nSPS) is 18.8. The third-order valence-electron chi connectivity index (χ3n) is 2.81. The third-order valence-corrected chi connectivity index (χ3v) is 2.81. The summed E-state index contributed by atoms with van der Waals surface area (Å²) in [5.41, 5.74) is 0.676. The van der Waals surface area contributed by atoms with Gasteiger partial charge in [0.25, 0.3) is 5.92 Å². The predicted molar refractivity (Wildman–Crippen MR) is 61.2 cm³/mol. The molecule has 17 heavy (non-hydrogen) atoms. The van der Waals surface area contributed by atoms with Gasteiger partial charge in [0.15, 0.2) is 0 Å². The lowest BCUT2D eigenvalue weighted by atomic mass is 10.1. The Hall–Kier alpha value is -1.65. The van der Waals surface area contributed by atoms with Gasteiger partial charge in [0.2, 0.25) is 0 Å². The van der Waals surface area contributed by atoms with E-state index in [4.69, 9.17) is 0 Å². The number of likely N-dealkylation sites (tertiary alicyclic amines) is 1. The van der Waals surface area contributed by atoms with Gasteiger partial charge >= 0.3 is 6.03 Å². The largest absolute Gasteiger partial charge is 0.324 e. The minimum absolute atomic E-state index is 0.103. The quantitative estimate of drug-likeness (QED) is 0.804. The van der Waals surface area contributed by atoms with Crippen LogP contribution < -0.4 is 5.32 Å². The van der Waals surface area contributed by atoms with Crippen LogP contribution in [0, 0.1) is 0 Å². The number of hydrogen-bond acceptors (Lipinski definition) is 1. The van der Waals surface area contributed by atoms with Crippen molar-refractivity contribution in [2.24, 2.45) is 0 Å². The Morgan fingerprint density at radius 2 is 1.76 bits per heavy atom. The van der Waals surface area contributed by atoms with Crippen LogP contribution in [0.3, 0.4) is 0 Å². The Morgan fingerprint density at radius 1 is 1.18 bits per heavy atom.